The Morgan fingerprint density at radius 2 is 1.73 bits per heavy atom. The minimum Gasteiger partial charge on any atom is -0.511 e. The summed E-state index contributed by atoms with van der Waals surface area (Å²) in [6, 6.07) is 0. The smallest absolute Gasteiger partial charge is 0.376 e. The predicted octanol–water partition coefficient (Wildman–Crippen LogP) is 0.529. The topological polar surface area (TPSA) is 82.1 Å². The largest absolute Gasteiger partial charge is 0.511 e. The number of ether oxygens (including phenoxy) is 3. The quantitative estimate of drug-likeness (QED) is 0.398. The predicted molar refractivity (Wildman–Crippen MR) is 49.9 cm³/mol. The fourth-order valence-electron chi connectivity index (χ4n) is 0.690. The van der Waals surface area contributed by atoms with Crippen molar-refractivity contribution < 1.29 is 28.9 Å². The van der Waals surface area contributed by atoms with Crippen molar-refractivity contribution in [2.75, 3.05) is 19.8 Å². The lowest BCUT2D eigenvalue weighted by molar-refractivity contribution is -0.150. The van der Waals surface area contributed by atoms with Crippen LogP contribution in [0.1, 0.15) is 13.8 Å². The van der Waals surface area contributed by atoms with Crippen LogP contribution in [0.2, 0.25) is 0 Å². The van der Waals surface area contributed by atoms with Gasteiger partial charge in [0, 0.05) is 0 Å². The highest BCUT2D eigenvalue weighted by molar-refractivity contribution is 5.86. The van der Waals surface area contributed by atoms with Crippen molar-refractivity contribution >= 4 is 11.9 Å². The zero-order valence-corrected chi connectivity index (χ0v) is 8.69. The molecule has 0 aliphatic heterocycles. The number of aliphatic hydroxyl groups is 1. The molecule has 0 aromatic carbocycles. The van der Waals surface area contributed by atoms with Crippen LogP contribution in [-0.2, 0) is 23.8 Å². The normalized spacial score (nSPS) is 10.7. The maximum absolute atomic E-state index is 11.0. The van der Waals surface area contributed by atoms with Gasteiger partial charge in [-0.3, -0.25) is 0 Å². The Labute approximate surface area is 87.4 Å². The first-order chi connectivity index (χ1) is 7.15. The third-order valence-corrected chi connectivity index (χ3v) is 1.24. The van der Waals surface area contributed by atoms with Crippen molar-refractivity contribution in [3.05, 3.63) is 12.0 Å². The van der Waals surface area contributed by atoms with E-state index in [1.807, 2.05) is 0 Å². The molecule has 0 fully saturated rings. The number of aliphatic hydroxyl groups excluding tert-OH is 1. The van der Waals surface area contributed by atoms with Gasteiger partial charge in [-0.1, -0.05) is 0 Å². The van der Waals surface area contributed by atoms with E-state index in [2.05, 4.69) is 14.2 Å². The van der Waals surface area contributed by atoms with Gasteiger partial charge in [-0.05, 0) is 13.8 Å². The van der Waals surface area contributed by atoms with Gasteiger partial charge in [0.15, 0.2) is 6.61 Å². The second-order valence-corrected chi connectivity index (χ2v) is 2.31. The molecule has 0 aliphatic carbocycles. The molecule has 0 heterocycles. The zero-order chi connectivity index (χ0) is 11.7. The molecule has 0 aliphatic rings. The minimum absolute atomic E-state index is 0.152. The summed E-state index contributed by atoms with van der Waals surface area (Å²) < 4.78 is 13.8. The lowest BCUT2D eigenvalue weighted by Gasteiger charge is -2.07. The number of hydrogen-bond donors (Lipinski definition) is 1. The minimum atomic E-state index is -0.829. The van der Waals surface area contributed by atoms with Crippen LogP contribution in [0, 0.1) is 0 Å². The summed E-state index contributed by atoms with van der Waals surface area (Å²) in [6.07, 6.45) is 0.442. The van der Waals surface area contributed by atoms with Crippen molar-refractivity contribution in [1.29, 1.82) is 0 Å². The SMILES string of the molecule is CCOC(=O)COC(=CO)C(=O)OCC. The highest BCUT2D eigenvalue weighted by Gasteiger charge is 2.14. The fourth-order valence-corrected chi connectivity index (χ4v) is 0.690. The molecule has 0 atom stereocenters. The first-order valence-corrected chi connectivity index (χ1v) is 4.45. The van der Waals surface area contributed by atoms with Crippen LogP contribution >= 0.6 is 0 Å². The Morgan fingerprint density at radius 1 is 1.13 bits per heavy atom. The van der Waals surface area contributed by atoms with E-state index in [1.165, 1.54) is 0 Å². The number of hydrogen-bond acceptors (Lipinski definition) is 6. The van der Waals surface area contributed by atoms with E-state index in [0.29, 0.717) is 6.26 Å². The van der Waals surface area contributed by atoms with Gasteiger partial charge >= 0.3 is 11.9 Å². The van der Waals surface area contributed by atoms with Crippen molar-refractivity contribution in [3.8, 4) is 0 Å². The van der Waals surface area contributed by atoms with Crippen LogP contribution in [0.3, 0.4) is 0 Å². The van der Waals surface area contributed by atoms with Gasteiger partial charge in [0.05, 0.1) is 13.2 Å². The van der Waals surface area contributed by atoms with Crippen LogP contribution in [0.15, 0.2) is 12.0 Å². The average Bonchev–Trinajstić information content (AvgIpc) is 2.19. The number of carbonyl (C=O) groups excluding carboxylic acids is 2. The highest BCUT2D eigenvalue weighted by atomic mass is 16.6. The molecule has 0 aromatic heterocycles. The first kappa shape index (κ1) is 13.3. The molecule has 86 valence electrons. The van der Waals surface area contributed by atoms with E-state index in [4.69, 9.17) is 5.11 Å². The van der Waals surface area contributed by atoms with Crippen LogP contribution < -0.4 is 0 Å². The van der Waals surface area contributed by atoms with Crippen LogP contribution in [-0.4, -0.2) is 36.9 Å². The van der Waals surface area contributed by atoms with E-state index >= 15 is 0 Å². The maximum atomic E-state index is 11.0. The Morgan fingerprint density at radius 3 is 2.20 bits per heavy atom. The van der Waals surface area contributed by atoms with Gasteiger partial charge in [-0.2, -0.15) is 0 Å². The molecule has 0 bridgehead atoms. The monoisotopic (exact) mass is 218 g/mol. The molecular formula is C9H14O6. The molecule has 0 saturated heterocycles. The molecule has 15 heavy (non-hydrogen) atoms. The fraction of sp³-hybridized carbons (Fsp3) is 0.556. The third-order valence-electron chi connectivity index (χ3n) is 1.24. The van der Waals surface area contributed by atoms with Crippen LogP contribution in [0.5, 0.6) is 0 Å². The Balaban J connectivity index is 4.02. The standard InChI is InChI=1S/C9H14O6/c1-3-13-8(11)6-15-7(5-10)9(12)14-4-2/h5,10H,3-4,6H2,1-2H3. The second kappa shape index (κ2) is 7.66. The zero-order valence-electron chi connectivity index (χ0n) is 8.69. The van der Waals surface area contributed by atoms with Crippen molar-refractivity contribution in [3.63, 3.8) is 0 Å². The van der Waals surface area contributed by atoms with Crippen molar-refractivity contribution in [2.45, 2.75) is 13.8 Å². The summed E-state index contributed by atoms with van der Waals surface area (Å²) in [5.74, 6) is -1.88. The Hall–Kier alpha value is -1.72. The number of rotatable bonds is 6. The summed E-state index contributed by atoms with van der Waals surface area (Å²) in [6.45, 7) is 3.18. The lowest BCUT2D eigenvalue weighted by atomic mass is 10.5. The van der Waals surface area contributed by atoms with Crippen molar-refractivity contribution in [2.24, 2.45) is 0 Å². The summed E-state index contributed by atoms with van der Waals surface area (Å²) in [5, 5.41) is 8.63. The van der Waals surface area contributed by atoms with E-state index in [9.17, 15) is 9.59 Å². The molecule has 0 unspecified atom stereocenters. The van der Waals surface area contributed by atoms with E-state index in [-0.39, 0.29) is 13.2 Å². The van der Waals surface area contributed by atoms with E-state index in [0.717, 1.165) is 0 Å². The molecule has 0 spiro atoms. The molecule has 1 N–H and O–H groups in total. The summed E-state index contributed by atoms with van der Waals surface area (Å²) >= 11 is 0. The van der Waals surface area contributed by atoms with E-state index < -0.39 is 24.3 Å². The molecule has 0 amide bonds. The van der Waals surface area contributed by atoms with Crippen LogP contribution in [0.4, 0.5) is 0 Å². The molecular weight excluding hydrogens is 204 g/mol. The molecule has 6 heteroatoms. The van der Waals surface area contributed by atoms with Crippen LogP contribution in [0.25, 0.3) is 0 Å². The number of carbonyl (C=O) groups is 2. The Kier molecular flexibility index (Phi) is 6.78. The number of esters is 2. The lowest BCUT2D eigenvalue weighted by Crippen LogP contribution is -2.17. The van der Waals surface area contributed by atoms with E-state index in [1.54, 1.807) is 13.8 Å². The van der Waals surface area contributed by atoms with Crippen molar-refractivity contribution in [1.82, 2.24) is 0 Å². The first-order valence-electron chi connectivity index (χ1n) is 4.45. The Bertz CT molecular complexity index is 245. The molecule has 0 radical (unpaired) electrons. The molecule has 0 aromatic rings. The van der Waals surface area contributed by atoms with Gasteiger partial charge < -0.3 is 19.3 Å². The van der Waals surface area contributed by atoms with Gasteiger partial charge in [0.1, 0.15) is 6.26 Å². The van der Waals surface area contributed by atoms with Gasteiger partial charge in [-0.25, -0.2) is 9.59 Å². The third kappa shape index (κ3) is 5.56. The summed E-state index contributed by atoms with van der Waals surface area (Å²) in [5.41, 5.74) is 0. The maximum Gasteiger partial charge on any atom is 0.376 e. The summed E-state index contributed by atoms with van der Waals surface area (Å²) in [7, 11) is 0. The van der Waals surface area contributed by atoms with Gasteiger partial charge in [-0.15, -0.1) is 0 Å². The molecule has 0 saturated carbocycles. The second-order valence-electron chi connectivity index (χ2n) is 2.31. The van der Waals surface area contributed by atoms with Gasteiger partial charge in [0.2, 0.25) is 5.76 Å². The average molecular weight is 218 g/mol. The molecule has 6 nitrogen and oxygen atoms in total. The van der Waals surface area contributed by atoms with Gasteiger partial charge in [0.25, 0.3) is 0 Å². The summed E-state index contributed by atoms with van der Waals surface area (Å²) in [4.78, 5) is 21.9. The molecule has 0 rings (SSSR count). The highest BCUT2D eigenvalue weighted by Crippen LogP contribution is 2.00.